The molecule has 0 unspecified atom stereocenters. The van der Waals surface area contributed by atoms with E-state index < -0.39 is 42.4 Å². The van der Waals surface area contributed by atoms with Crippen LogP contribution in [0.15, 0.2) is 115 Å². The zero-order valence-corrected chi connectivity index (χ0v) is 31.5. The number of carbonyl (C=O) groups is 2. The number of hydrogen-bond acceptors (Lipinski definition) is 6. The molecular formula is C42H41F6N5O4. The maximum Gasteiger partial charge on any atom is 0.282 e. The van der Waals surface area contributed by atoms with E-state index in [0.717, 1.165) is 28.3 Å². The van der Waals surface area contributed by atoms with E-state index in [9.17, 15) is 35.9 Å². The molecule has 0 N–H and O–H groups in total. The number of alkyl halides is 4. The van der Waals surface area contributed by atoms with Crippen molar-refractivity contribution in [2.24, 2.45) is 0 Å². The van der Waals surface area contributed by atoms with Gasteiger partial charge in [0.05, 0.1) is 36.8 Å². The zero-order valence-electron chi connectivity index (χ0n) is 31.5. The molecule has 57 heavy (non-hydrogen) atoms. The summed E-state index contributed by atoms with van der Waals surface area (Å²) in [5.74, 6) is -0.923. The molecular weight excluding hydrogens is 752 g/mol. The van der Waals surface area contributed by atoms with Crippen LogP contribution < -0.4 is 0 Å². The molecule has 0 saturated carbocycles. The predicted molar refractivity (Wildman–Crippen MR) is 201 cm³/mol. The Morgan fingerprint density at radius 2 is 1.12 bits per heavy atom. The van der Waals surface area contributed by atoms with E-state index in [0.29, 0.717) is 42.0 Å². The van der Waals surface area contributed by atoms with Crippen LogP contribution in [0.3, 0.4) is 0 Å². The van der Waals surface area contributed by atoms with Gasteiger partial charge >= 0.3 is 0 Å². The third kappa shape index (κ3) is 12.7. The third-order valence-corrected chi connectivity index (χ3v) is 8.16. The smallest absolute Gasteiger partial charge is 0.282 e. The fraction of sp³-hybridized carbons (Fsp3) is 0.238. The number of carbonyl (C=O) groups excluding carboxylic acids is 2. The fourth-order valence-electron chi connectivity index (χ4n) is 5.26. The minimum Gasteiger partial charge on any atom is -0.369 e. The minimum atomic E-state index is -2.82. The molecule has 0 aliphatic carbocycles. The second kappa shape index (κ2) is 21.3. The average Bonchev–Trinajstić information content (AvgIpc) is 3.89. The standard InChI is InChI=1S/C20H17F3N2O2.C19H17F3N2O.C3H7NO/c1-13(27-12-14-5-3-2-4-6-14)17-9-15(21)7-8-19(17)25-16(11-26)10-18(24-25)20(22)23;1-13(25-12-14-5-3-2-4-6-14)16-11-15(20)7-8-18(16)24-10-9-17(23-24)19(21)22;1-4(2)3-5/h2-11,13,20H,12H2,1H3;2-11,13,19H,12H2,1H3;3H,1-2H3/t2*13-;/m11./s1. The molecule has 1 amide bonds. The van der Waals surface area contributed by atoms with Gasteiger partial charge in [-0.25, -0.2) is 35.7 Å². The van der Waals surface area contributed by atoms with E-state index in [1.165, 1.54) is 58.2 Å². The van der Waals surface area contributed by atoms with Gasteiger partial charge in [0, 0.05) is 31.4 Å². The Balaban J connectivity index is 0.000000226. The number of aldehydes is 1. The van der Waals surface area contributed by atoms with Crippen molar-refractivity contribution in [1.29, 1.82) is 0 Å². The number of hydrogen-bond donors (Lipinski definition) is 0. The third-order valence-electron chi connectivity index (χ3n) is 8.16. The minimum absolute atomic E-state index is 0.0478. The predicted octanol–water partition coefficient (Wildman–Crippen LogP) is 9.97. The Morgan fingerprint density at radius 1 is 0.649 bits per heavy atom. The molecule has 2 aromatic heterocycles. The molecule has 0 saturated heterocycles. The Morgan fingerprint density at radius 3 is 1.56 bits per heavy atom. The molecule has 300 valence electrons. The van der Waals surface area contributed by atoms with E-state index in [2.05, 4.69) is 10.2 Å². The first kappa shape index (κ1) is 43.7. The van der Waals surface area contributed by atoms with Crippen molar-refractivity contribution in [2.45, 2.75) is 52.1 Å². The van der Waals surface area contributed by atoms with E-state index in [1.54, 1.807) is 27.9 Å². The molecule has 0 aliphatic rings. The molecule has 2 atom stereocenters. The SMILES string of the molecule is CN(C)C=O.C[C@@H](OCc1ccccc1)c1cc(F)ccc1-n1ccc(C(F)F)n1.C[C@@H](OCc1ccccc1)c1cc(F)ccc1-n1nc(C(F)F)cc1C=O. The van der Waals surface area contributed by atoms with E-state index >= 15 is 0 Å². The molecule has 0 aliphatic heterocycles. The quantitative estimate of drug-likeness (QED) is 0.0806. The summed E-state index contributed by atoms with van der Waals surface area (Å²) in [5, 5.41) is 7.66. The Hall–Kier alpha value is -6.06. The van der Waals surface area contributed by atoms with Crippen LogP contribution in [0.4, 0.5) is 26.3 Å². The molecule has 6 rings (SSSR count). The van der Waals surface area contributed by atoms with Gasteiger partial charge in [0.15, 0.2) is 6.29 Å². The van der Waals surface area contributed by atoms with E-state index in [4.69, 9.17) is 9.47 Å². The first-order chi connectivity index (χ1) is 27.3. The molecule has 15 heteroatoms. The second-order valence-corrected chi connectivity index (χ2v) is 12.7. The Bertz CT molecular complexity index is 2160. The van der Waals surface area contributed by atoms with Crippen molar-refractivity contribution >= 4 is 12.7 Å². The van der Waals surface area contributed by atoms with Crippen LogP contribution in [0.25, 0.3) is 11.4 Å². The number of rotatable bonds is 14. The number of nitrogens with zero attached hydrogens (tertiary/aromatic N) is 5. The van der Waals surface area contributed by atoms with Gasteiger partial charge in [-0.3, -0.25) is 9.59 Å². The summed E-state index contributed by atoms with van der Waals surface area (Å²) >= 11 is 0. The highest BCUT2D eigenvalue weighted by Gasteiger charge is 2.21. The van der Waals surface area contributed by atoms with E-state index in [1.807, 2.05) is 60.7 Å². The Kier molecular flexibility index (Phi) is 16.3. The van der Waals surface area contributed by atoms with Crippen LogP contribution in [0.2, 0.25) is 0 Å². The number of ether oxygens (including phenoxy) is 2. The van der Waals surface area contributed by atoms with Crippen molar-refractivity contribution in [3.8, 4) is 11.4 Å². The first-order valence-corrected chi connectivity index (χ1v) is 17.5. The lowest BCUT2D eigenvalue weighted by Crippen LogP contribution is -2.10. The molecule has 9 nitrogen and oxygen atoms in total. The van der Waals surface area contributed by atoms with Crippen LogP contribution in [-0.2, 0) is 27.5 Å². The summed E-state index contributed by atoms with van der Waals surface area (Å²) in [5.41, 5.74) is 2.80. The second-order valence-electron chi connectivity index (χ2n) is 12.7. The van der Waals surface area contributed by atoms with Crippen LogP contribution in [0.5, 0.6) is 0 Å². The lowest BCUT2D eigenvalue weighted by molar-refractivity contribution is -0.115. The van der Waals surface area contributed by atoms with E-state index in [-0.39, 0.29) is 11.4 Å². The van der Waals surface area contributed by atoms with Gasteiger partial charge in [0.25, 0.3) is 12.9 Å². The fourth-order valence-corrected chi connectivity index (χ4v) is 5.26. The van der Waals surface area contributed by atoms with Gasteiger partial charge in [0.1, 0.15) is 28.7 Å². The van der Waals surface area contributed by atoms with Gasteiger partial charge in [-0.15, -0.1) is 0 Å². The maximum absolute atomic E-state index is 13.8. The Labute approximate surface area is 326 Å². The monoisotopic (exact) mass is 793 g/mol. The molecule has 0 spiro atoms. The van der Waals surface area contributed by atoms with Crippen molar-refractivity contribution in [2.75, 3.05) is 14.1 Å². The zero-order chi connectivity index (χ0) is 41.5. The van der Waals surface area contributed by atoms with Crippen LogP contribution >= 0.6 is 0 Å². The molecule has 6 aromatic rings. The van der Waals surface area contributed by atoms with Crippen LogP contribution in [0.1, 0.15) is 83.0 Å². The summed E-state index contributed by atoms with van der Waals surface area (Å²) in [6.07, 6.45) is -3.86. The summed E-state index contributed by atoms with van der Waals surface area (Å²) in [6, 6.07) is 29.2. The van der Waals surface area contributed by atoms with Gasteiger partial charge in [-0.05, 0) is 73.5 Å². The highest BCUT2D eigenvalue weighted by atomic mass is 19.3. The number of aromatic nitrogens is 4. The van der Waals surface area contributed by atoms with Crippen molar-refractivity contribution in [3.63, 3.8) is 0 Å². The summed E-state index contributed by atoms with van der Waals surface area (Å²) in [6.45, 7) is 4.16. The lowest BCUT2D eigenvalue weighted by Gasteiger charge is -2.18. The van der Waals surface area contributed by atoms with Crippen molar-refractivity contribution in [1.82, 2.24) is 24.5 Å². The molecule has 2 heterocycles. The normalized spacial score (nSPS) is 11.9. The highest BCUT2D eigenvalue weighted by Crippen LogP contribution is 2.30. The summed E-state index contributed by atoms with van der Waals surface area (Å²) < 4.78 is 93.1. The lowest BCUT2D eigenvalue weighted by atomic mass is 10.1. The average molecular weight is 794 g/mol. The highest BCUT2D eigenvalue weighted by molar-refractivity contribution is 5.74. The largest absolute Gasteiger partial charge is 0.369 e. The number of benzene rings is 4. The van der Waals surface area contributed by atoms with Crippen molar-refractivity contribution < 1.29 is 45.4 Å². The van der Waals surface area contributed by atoms with Gasteiger partial charge in [0.2, 0.25) is 6.41 Å². The van der Waals surface area contributed by atoms with Gasteiger partial charge < -0.3 is 14.4 Å². The van der Waals surface area contributed by atoms with Gasteiger partial charge in [-0.2, -0.15) is 10.2 Å². The van der Waals surface area contributed by atoms with Crippen molar-refractivity contribution in [3.05, 3.63) is 166 Å². The molecule has 0 bridgehead atoms. The number of halogens is 6. The molecule has 4 aromatic carbocycles. The van der Waals surface area contributed by atoms with Crippen LogP contribution in [-0.4, -0.2) is 51.3 Å². The first-order valence-electron chi connectivity index (χ1n) is 17.5. The summed E-state index contributed by atoms with van der Waals surface area (Å²) in [4.78, 5) is 22.2. The molecule has 0 radical (unpaired) electrons. The van der Waals surface area contributed by atoms with Crippen LogP contribution in [0, 0.1) is 11.6 Å². The maximum atomic E-state index is 13.8. The molecule has 0 fully saturated rings. The number of amides is 1. The van der Waals surface area contributed by atoms with Gasteiger partial charge in [-0.1, -0.05) is 60.7 Å². The summed E-state index contributed by atoms with van der Waals surface area (Å²) in [7, 11) is 3.38. The topological polar surface area (TPSA) is 91.5 Å².